The summed E-state index contributed by atoms with van der Waals surface area (Å²) in [5, 5.41) is 14.5. The van der Waals surface area contributed by atoms with Gasteiger partial charge >= 0.3 is 0 Å². The molecule has 7 nitrogen and oxygen atoms in total. The first-order valence-electron chi connectivity index (χ1n) is 6.29. The van der Waals surface area contributed by atoms with Crippen LogP contribution >= 0.6 is 0 Å². The lowest BCUT2D eigenvalue weighted by molar-refractivity contribution is -0.384. The van der Waals surface area contributed by atoms with Crippen LogP contribution in [0.3, 0.4) is 0 Å². The molecular weight excluding hydrogens is 262 g/mol. The van der Waals surface area contributed by atoms with Crippen LogP contribution in [0.5, 0.6) is 5.75 Å². The van der Waals surface area contributed by atoms with Crippen LogP contribution < -0.4 is 4.84 Å². The van der Waals surface area contributed by atoms with Gasteiger partial charge in [-0.05, 0) is 12.1 Å². The minimum atomic E-state index is -0.465. The number of rotatable bonds is 3. The average molecular weight is 277 g/mol. The Hall–Kier alpha value is -2.44. The molecule has 0 N–H and O–H groups in total. The van der Waals surface area contributed by atoms with Crippen molar-refractivity contribution < 1.29 is 14.6 Å². The van der Waals surface area contributed by atoms with Gasteiger partial charge < -0.3 is 9.74 Å². The van der Waals surface area contributed by atoms with E-state index in [-0.39, 0.29) is 11.6 Å². The van der Waals surface area contributed by atoms with Gasteiger partial charge in [-0.2, -0.15) is 0 Å². The molecule has 1 aromatic carbocycles. The van der Waals surface area contributed by atoms with Gasteiger partial charge in [0.05, 0.1) is 10.6 Å². The maximum atomic E-state index is 11.2. The number of amides is 1. The minimum absolute atomic E-state index is 0.0137. The van der Waals surface area contributed by atoms with Crippen LogP contribution in [0.4, 0.5) is 5.69 Å². The van der Waals surface area contributed by atoms with Gasteiger partial charge in [0, 0.05) is 45.0 Å². The fourth-order valence-electron chi connectivity index (χ4n) is 1.92. The smallest absolute Gasteiger partial charge is 0.269 e. The number of nitro benzene ring substituents is 1. The molecule has 106 valence electrons. The lowest BCUT2D eigenvalue weighted by atomic mass is 10.1. The minimum Gasteiger partial charge on any atom is -0.357 e. The highest BCUT2D eigenvalue weighted by molar-refractivity contribution is 5.86. The van der Waals surface area contributed by atoms with Crippen LogP contribution in [0.25, 0.3) is 0 Å². The zero-order valence-corrected chi connectivity index (χ0v) is 11.1. The number of hydrogen-bond acceptors (Lipinski definition) is 5. The van der Waals surface area contributed by atoms with E-state index >= 15 is 0 Å². The normalized spacial score (nSPS) is 14.8. The van der Waals surface area contributed by atoms with E-state index in [1.165, 1.54) is 24.3 Å². The second kappa shape index (κ2) is 6.14. The molecule has 1 aliphatic heterocycles. The largest absolute Gasteiger partial charge is 0.357 e. The molecule has 1 amide bonds. The SMILES string of the molecule is CC(=O)N1CCC(=NOc2ccc([N+](=O)[O-])cc2)CC1. The lowest BCUT2D eigenvalue weighted by Gasteiger charge is -2.26. The molecule has 0 aromatic heterocycles. The fourth-order valence-corrected chi connectivity index (χ4v) is 1.92. The standard InChI is InChI=1S/C13H15N3O4/c1-10(17)15-8-6-11(7-9-15)14-20-13-4-2-12(3-5-13)16(18)19/h2-5H,6-9H2,1H3. The molecular formula is C13H15N3O4. The first kappa shape index (κ1) is 14.0. The van der Waals surface area contributed by atoms with Crippen LogP contribution in [-0.2, 0) is 4.79 Å². The lowest BCUT2D eigenvalue weighted by Crippen LogP contribution is -2.37. The van der Waals surface area contributed by atoms with Crippen molar-refractivity contribution in [2.24, 2.45) is 5.16 Å². The van der Waals surface area contributed by atoms with Crippen molar-refractivity contribution in [1.29, 1.82) is 0 Å². The van der Waals surface area contributed by atoms with Crippen LogP contribution in [0, 0.1) is 10.1 Å². The number of likely N-dealkylation sites (tertiary alicyclic amines) is 1. The predicted octanol–water partition coefficient (Wildman–Crippen LogP) is 1.97. The predicted molar refractivity (Wildman–Crippen MR) is 72.6 cm³/mol. The maximum absolute atomic E-state index is 11.2. The highest BCUT2D eigenvalue weighted by Gasteiger charge is 2.17. The van der Waals surface area contributed by atoms with Gasteiger partial charge in [-0.1, -0.05) is 5.16 Å². The Labute approximate surface area is 116 Å². The first-order chi connectivity index (χ1) is 9.56. The van der Waals surface area contributed by atoms with E-state index in [4.69, 9.17) is 4.84 Å². The van der Waals surface area contributed by atoms with Crippen LogP contribution in [0.1, 0.15) is 19.8 Å². The van der Waals surface area contributed by atoms with Crippen molar-refractivity contribution in [3.8, 4) is 5.75 Å². The third-order valence-electron chi connectivity index (χ3n) is 3.11. The van der Waals surface area contributed by atoms with Crippen LogP contribution in [-0.4, -0.2) is 34.5 Å². The van der Waals surface area contributed by atoms with Crippen molar-refractivity contribution in [2.75, 3.05) is 13.1 Å². The topological polar surface area (TPSA) is 85.0 Å². The number of carbonyl (C=O) groups is 1. The van der Waals surface area contributed by atoms with E-state index < -0.39 is 4.92 Å². The molecule has 1 saturated heterocycles. The number of non-ortho nitro benzene ring substituents is 1. The summed E-state index contributed by atoms with van der Waals surface area (Å²) < 4.78 is 0. The first-order valence-corrected chi connectivity index (χ1v) is 6.29. The molecule has 1 heterocycles. The Morgan fingerprint density at radius 3 is 2.40 bits per heavy atom. The average Bonchev–Trinajstić information content (AvgIpc) is 2.46. The number of carbonyl (C=O) groups excluding carboxylic acids is 1. The number of oxime groups is 1. The molecule has 1 fully saturated rings. The summed E-state index contributed by atoms with van der Waals surface area (Å²) in [5.41, 5.74) is 0.903. The molecule has 1 aliphatic rings. The molecule has 0 unspecified atom stereocenters. The van der Waals surface area contributed by atoms with Crippen molar-refractivity contribution in [1.82, 2.24) is 4.90 Å². The Morgan fingerprint density at radius 2 is 1.90 bits per heavy atom. The third kappa shape index (κ3) is 3.53. The maximum Gasteiger partial charge on any atom is 0.269 e. The molecule has 20 heavy (non-hydrogen) atoms. The van der Waals surface area contributed by atoms with Gasteiger partial charge in [0.15, 0.2) is 5.75 Å². The molecule has 2 rings (SSSR count). The van der Waals surface area contributed by atoms with Gasteiger partial charge in [-0.15, -0.1) is 0 Å². The highest BCUT2D eigenvalue weighted by atomic mass is 16.6. The van der Waals surface area contributed by atoms with Gasteiger partial charge in [-0.3, -0.25) is 14.9 Å². The molecule has 1 aromatic rings. The monoisotopic (exact) mass is 277 g/mol. The van der Waals surface area contributed by atoms with Gasteiger partial charge in [0.25, 0.3) is 5.69 Å². The molecule has 7 heteroatoms. The van der Waals surface area contributed by atoms with Crippen molar-refractivity contribution in [3.05, 3.63) is 34.4 Å². The van der Waals surface area contributed by atoms with Crippen molar-refractivity contribution in [2.45, 2.75) is 19.8 Å². The summed E-state index contributed by atoms with van der Waals surface area (Å²) in [7, 11) is 0. The van der Waals surface area contributed by atoms with Crippen LogP contribution in [0.2, 0.25) is 0 Å². The fraction of sp³-hybridized carbons (Fsp3) is 0.385. The van der Waals surface area contributed by atoms with Crippen LogP contribution in [0.15, 0.2) is 29.4 Å². The Bertz CT molecular complexity index is 529. The third-order valence-corrected chi connectivity index (χ3v) is 3.11. The zero-order valence-electron chi connectivity index (χ0n) is 11.1. The summed E-state index contributed by atoms with van der Waals surface area (Å²) in [6.07, 6.45) is 1.37. The van der Waals surface area contributed by atoms with Gasteiger partial charge in [-0.25, -0.2) is 0 Å². The molecule has 0 saturated carbocycles. The van der Waals surface area contributed by atoms with E-state index in [1.807, 2.05) is 0 Å². The number of nitro groups is 1. The molecule has 0 radical (unpaired) electrons. The number of piperidine rings is 1. The second-order valence-electron chi connectivity index (χ2n) is 4.51. The zero-order chi connectivity index (χ0) is 14.5. The number of nitrogens with zero attached hydrogens (tertiary/aromatic N) is 3. The van der Waals surface area contributed by atoms with Gasteiger partial charge in [0.1, 0.15) is 0 Å². The quantitative estimate of drug-likeness (QED) is 0.624. The van der Waals surface area contributed by atoms with E-state index in [2.05, 4.69) is 5.16 Å². The van der Waals surface area contributed by atoms with Crippen molar-refractivity contribution in [3.63, 3.8) is 0 Å². The molecule has 0 atom stereocenters. The van der Waals surface area contributed by atoms with E-state index in [1.54, 1.807) is 11.8 Å². The van der Waals surface area contributed by atoms with E-state index in [9.17, 15) is 14.9 Å². The summed E-state index contributed by atoms with van der Waals surface area (Å²) in [5.74, 6) is 0.525. The summed E-state index contributed by atoms with van der Waals surface area (Å²) in [4.78, 5) is 28.2. The molecule has 0 aliphatic carbocycles. The summed E-state index contributed by atoms with van der Waals surface area (Å²) in [6, 6.07) is 5.75. The number of hydrogen-bond donors (Lipinski definition) is 0. The Morgan fingerprint density at radius 1 is 1.30 bits per heavy atom. The molecule has 0 spiro atoms. The molecule has 0 bridgehead atoms. The second-order valence-corrected chi connectivity index (χ2v) is 4.51. The van der Waals surface area contributed by atoms with E-state index in [0.717, 1.165) is 5.71 Å². The van der Waals surface area contributed by atoms with Gasteiger partial charge in [0.2, 0.25) is 5.91 Å². The summed E-state index contributed by atoms with van der Waals surface area (Å²) >= 11 is 0. The number of benzene rings is 1. The van der Waals surface area contributed by atoms with Crippen molar-refractivity contribution >= 4 is 17.3 Å². The highest BCUT2D eigenvalue weighted by Crippen LogP contribution is 2.18. The Balaban J connectivity index is 1.90. The summed E-state index contributed by atoms with van der Waals surface area (Å²) in [6.45, 7) is 2.85. The van der Waals surface area contributed by atoms with E-state index in [0.29, 0.717) is 31.7 Å². The Kier molecular flexibility index (Phi) is 4.29.